The van der Waals surface area contributed by atoms with Crippen LogP contribution < -0.4 is 4.90 Å². The molecular formula is C19H17BrF2N2O3. The molecule has 27 heavy (non-hydrogen) atoms. The lowest BCUT2D eigenvalue weighted by Crippen LogP contribution is -2.53. The van der Waals surface area contributed by atoms with Gasteiger partial charge in [-0.3, -0.25) is 9.69 Å². The van der Waals surface area contributed by atoms with E-state index in [1.54, 1.807) is 24.3 Å². The van der Waals surface area contributed by atoms with Crippen LogP contribution in [0.25, 0.3) is 0 Å². The summed E-state index contributed by atoms with van der Waals surface area (Å²) in [5, 5.41) is 9.14. The Hall–Kier alpha value is -2.48. The first-order valence-corrected chi connectivity index (χ1v) is 9.10. The lowest BCUT2D eigenvalue weighted by molar-refractivity contribution is -0.138. The Bertz CT molecular complexity index is 861. The molecule has 1 aliphatic rings. The number of carboxylic acid groups (broad SMARTS) is 1. The van der Waals surface area contributed by atoms with Crippen LogP contribution in [0.15, 0.2) is 46.9 Å². The number of hydrogen-bond acceptors (Lipinski definition) is 2. The molecule has 1 heterocycles. The van der Waals surface area contributed by atoms with Crippen molar-refractivity contribution in [3.05, 3.63) is 64.1 Å². The van der Waals surface area contributed by atoms with Crippen LogP contribution in [0.3, 0.4) is 0 Å². The van der Waals surface area contributed by atoms with Gasteiger partial charge >= 0.3 is 12.0 Å². The van der Waals surface area contributed by atoms with E-state index in [-0.39, 0.29) is 43.6 Å². The SMILES string of the molecule is O=C(O)CC1CN(Cc2cc(F)ccc2F)C(=O)N(c2ccc(Br)cc2)C1. The summed E-state index contributed by atoms with van der Waals surface area (Å²) >= 11 is 3.33. The Balaban J connectivity index is 1.89. The zero-order valence-corrected chi connectivity index (χ0v) is 15.8. The molecule has 2 aromatic carbocycles. The number of benzene rings is 2. The third-order valence-electron chi connectivity index (χ3n) is 4.39. The van der Waals surface area contributed by atoms with Gasteiger partial charge in [0.05, 0.1) is 13.0 Å². The molecule has 3 rings (SSSR count). The smallest absolute Gasteiger partial charge is 0.324 e. The molecule has 1 atom stereocenters. The van der Waals surface area contributed by atoms with Gasteiger partial charge in [-0.15, -0.1) is 0 Å². The van der Waals surface area contributed by atoms with Gasteiger partial charge < -0.3 is 10.0 Å². The number of aliphatic carboxylic acids is 1. The molecule has 1 unspecified atom stereocenters. The average Bonchev–Trinajstić information content (AvgIpc) is 2.61. The molecule has 2 amide bonds. The van der Waals surface area contributed by atoms with Crippen molar-refractivity contribution in [1.82, 2.24) is 4.90 Å². The maximum Gasteiger partial charge on any atom is 0.324 e. The van der Waals surface area contributed by atoms with Gasteiger partial charge in [0.25, 0.3) is 0 Å². The van der Waals surface area contributed by atoms with Crippen molar-refractivity contribution in [2.45, 2.75) is 13.0 Å². The molecule has 1 N–H and O–H groups in total. The van der Waals surface area contributed by atoms with E-state index in [2.05, 4.69) is 15.9 Å². The van der Waals surface area contributed by atoms with Gasteiger partial charge in [0.1, 0.15) is 11.6 Å². The zero-order chi connectivity index (χ0) is 19.6. The molecule has 1 saturated heterocycles. The molecule has 0 radical (unpaired) electrons. The number of rotatable bonds is 5. The van der Waals surface area contributed by atoms with Crippen LogP contribution in [-0.4, -0.2) is 35.1 Å². The van der Waals surface area contributed by atoms with Gasteiger partial charge in [-0.1, -0.05) is 15.9 Å². The van der Waals surface area contributed by atoms with Gasteiger partial charge in [-0.2, -0.15) is 0 Å². The number of carbonyl (C=O) groups excluding carboxylic acids is 1. The number of anilines is 1. The summed E-state index contributed by atoms with van der Waals surface area (Å²) in [7, 11) is 0. The highest BCUT2D eigenvalue weighted by Gasteiger charge is 2.34. The lowest BCUT2D eigenvalue weighted by atomic mass is 10.0. The first kappa shape index (κ1) is 19.3. The molecule has 0 aliphatic carbocycles. The molecule has 0 bridgehead atoms. The molecule has 5 nitrogen and oxygen atoms in total. The number of carbonyl (C=O) groups is 2. The number of hydrogen-bond donors (Lipinski definition) is 1. The average molecular weight is 439 g/mol. The highest BCUT2D eigenvalue weighted by Crippen LogP contribution is 2.27. The molecule has 0 spiro atoms. The highest BCUT2D eigenvalue weighted by molar-refractivity contribution is 9.10. The monoisotopic (exact) mass is 438 g/mol. The van der Waals surface area contributed by atoms with Crippen LogP contribution in [0.4, 0.5) is 19.3 Å². The van der Waals surface area contributed by atoms with Crippen LogP contribution >= 0.6 is 15.9 Å². The molecule has 8 heteroatoms. The summed E-state index contributed by atoms with van der Waals surface area (Å²) in [4.78, 5) is 26.9. The van der Waals surface area contributed by atoms with E-state index in [0.717, 1.165) is 22.7 Å². The summed E-state index contributed by atoms with van der Waals surface area (Å²) in [6.45, 7) is 0.272. The lowest BCUT2D eigenvalue weighted by Gasteiger charge is -2.40. The molecule has 0 aromatic heterocycles. The van der Waals surface area contributed by atoms with Crippen molar-refractivity contribution < 1.29 is 23.5 Å². The van der Waals surface area contributed by atoms with Crippen molar-refractivity contribution >= 4 is 33.6 Å². The number of nitrogens with zero attached hydrogens (tertiary/aromatic N) is 2. The predicted molar refractivity (Wildman–Crippen MR) is 99.4 cm³/mol. The Morgan fingerprint density at radius 2 is 1.85 bits per heavy atom. The summed E-state index contributed by atoms with van der Waals surface area (Å²) in [5.74, 6) is -2.51. The summed E-state index contributed by atoms with van der Waals surface area (Å²) in [5.41, 5.74) is 0.665. The van der Waals surface area contributed by atoms with Crippen LogP contribution in [-0.2, 0) is 11.3 Å². The second-order valence-electron chi connectivity index (χ2n) is 6.45. The summed E-state index contributed by atoms with van der Waals surface area (Å²) in [6.07, 6.45) is -0.123. The molecule has 142 valence electrons. The van der Waals surface area contributed by atoms with Crippen molar-refractivity contribution in [2.75, 3.05) is 18.0 Å². The summed E-state index contributed by atoms with van der Waals surface area (Å²) < 4.78 is 28.3. The third-order valence-corrected chi connectivity index (χ3v) is 4.92. The van der Waals surface area contributed by atoms with Gasteiger partial charge in [0.15, 0.2) is 0 Å². The zero-order valence-electron chi connectivity index (χ0n) is 14.2. The fraction of sp³-hybridized carbons (Fsp3) is 0.263. The quantitative estimate of drug-likeness (QED) is 0.758. The molecule has 1 aliphatic heterocycles. The van der Waals surface area contributed by atoms with Crippen molar-refractivity contribution in [3.8, 4) is 0 Å². The Morgan fingerprint density at radius 3 is 2.52 bits per heavy atom. The maximum atomic E-state index is 14.0. The molecule has 0 saturated carbocycles. The van der Waals surface area contributed by atoms with Gasteiger partial charge in [-0.25, -0.2) is 13.6 Å². The molecule has 2 aromatic rings. The maximum absolute atomic E-state index is 14.0. The van der Waals surface area contributed by atoms with Crippen molar-refractivity contribution in [3.63, 3.8) is 0 Å². The van der Waals surface area contributed by atoms with Gasteiger partial charge in [-0.05, 0) is 42.5 Å². The fourth-order valence-corrected chi connectivity index (χ4v) is 3.43. The van der Waals surface area contributed by atoms with E-state index in [1.165, 1.54) is 9.80 Å². The van der Waals surface area contributed by atoms with Crippen molar-refractivity contribution in [2.24, 2.45) is 5.92 Å². The summed E-state index contributed by atoms with van der Waals surface area (Å²) in [6, 6.07) is 9.74. The van der Waals surface area contributed by atoms with Gasteiger partial charge in [0, 0.05) is 34.7 Å². The first-order chi connectivity index (χ1) is 12.8. The Labute approximate surface area is 163 Å². The fourth-order valence-electron chi connectivity index (χ4n) is 3.17. The second-order valence-corrected chi connectivity index (χ2v) is 7.37. The number of amides is 2. The highest BCUT2D eigenvalue weighted by atomic mass is 79.9. The van der Waals surface area contributed by atoms with Crippen LogP contribution in [0, 0.1) is 17.6 Å². The van der Waals surface area contributed by atoms with E-state index in [4.69, 9.17) is 5.11 Å². The molecule has 1 fully saturated rings. The number of halogens is 3. The number of urea groups is 1. The minimum absolute atomic E-state index is 0.0510. The van der Waals surface area contributed by atoms with Crippen LogP contribution in [0.1, 0.15) is 12.0 Å². The van der Waals surface area contributed by atoms with Gasteiger partial charge in [0.2, 0.25) is 0 Å². The van der Waals surface area contributed by atoms with E-state index in [0.29, 0.717) is 5.69 Å². The Morgan fingerprint density at radius 1 is 1.15 bits per heavy atom. The normalized spacial score (nSPS) is 17.3. The van der Waals surface area contributed by atoms with E-state index >= 15 is 0 Å². The van der Waals surface area contributed by atoms with Crippen molar-refractivity contribution in [1.29, 1.82) is 0 Å². The minimum atomic E-state index is -0.970. The van der Waals surface area contributed by atoms with E-state index in [9.17, 15) is 18.4 Å². The molecular weight excluding hydrogens is 422 g/mol. The van der Waals surface area contributed by atoms with E-state index < -0.39 is 17.6 Å². The van der Waals surface area contributed by atoms with Crippen LogP contribution in [0.2, 0.25) is 0 Å². The second kappa shape index (κ2) is 8.04. The standard InChI is InChI=1S/C19H17BrF2N2O3/c20-14-1-4-16(5-2-14)24-10-12(7-18(25)26)9-23(19(24)27)11-13-8-15(21)3-6-17(13)22/h1-6,8,12H,7,9-11H2,(H,25,26). The first-order valence-electron chi connectivity index (χ1n) is 8.31. The topological polar surface area (TPSA) is 60.9 Å². The Kier molecular flexibility index (Phi) is 5.74. The third kappa shape index (κ3) is 4.63. The number of carboxylic acids is 1. The largest absolute Gasteiger partial charge is 0.481 e. The predicted octanol–water partition coefficient (Wildman–Crippen LogP) is 4.26. The van der Waals surface area contributed by atoms with E-state index in [1.807, 2.05) is 0 Å². The van der Waals surface area contributed by atoms with Crippen LogP contribution in [0.5, 0.6) is 0 Å². The minimum Gasteiger partial charge on any atom is -0.481 e.